The molecule has 0 fully saturated rings. The maximum atomic E-state index is 12.0. The number of aryl methyl sites for hydroxylation is 1. The molecule has 2 aromatic rings. The third-order valence-corrected chi connectivity index (χ3v) is 3.43. The highest BCUT2D eigenvalue weighted by Gasteiger charge is 2.08. The van der Waals surface area contributed by atoms with E-state index in [2.05, 4.69) is 0 Å². The van der Waals surface area contributed by atoms with Crippen molar-refractivity contribution in [1.82, 2.24) is 4.57 Å². The van der Waals surface area contributed by atoms with Crippen LogP contribution in [0, 0.1) is 15.7 Å². The molecule has 1 aromatic heterocycles. The van der Waals surface area contributed by atoms with Gasteiger partial charge in [0.15, 0.2) is 5.69 Å². The van der Waals surface area contributed by atoms with Gasteiger partial charge in [0.1, 0.15) is 0 Å². The molecule has 0 aliphatic heterocycles. The summed E-state index contributed by atoms with van der Waals surface area (Å²) in [5, 5.41) is 18.8. The largest absolute Gasteiger partial charge is 0.595 e. The lowest BCUT2D eigenvalue weighted by molar-refractivity contribution is -0.991. The zero-order valence-corrected chi connectivity index (χ0v) is 11.7. The number of halogens is 1. The van der Waals surface area contributed by atoms with Gasteiger partial charge in [-0.25, -0.2) is 5.21 Å². The highest BCUT2D eigenvalue weighted by Crippen LogP contribution is 2.15. The van der Waals surface area contributed by atoms with E-state index in [0.29, 0.717) is 9.26 Å². The molecule has 0 aliphatic rings. The predicted molar refractivity (Wildman–Crippen MR) is 75.3 cm³/mol. The molecule has 5 nitrogen and oxygen atoms in total. The Morgan fingerprint density at radius 3 is 2.72 bits per heavy atom. The number of benzene rings is 1. The first-order valence-corrected chi connectivity index (χ1v) is 6.30. The minimum Gasteiger partial charge on any atom is -0.595 e. The van der Waals surface area contributed by atoms with Crippen molar-refractivity contribution < 1.29 is 10.4 Å². The zero-order valence-electron chi connectivity index (χ0n) is 9.55. The van der Waals surface area contributed by atoms with Gasteiger partial charge in [-0.05, 0) is 53.3 Å². The fraction of sp³-hybridized carbons (Fsp3) is 0.0833. The van der Waals surface area contributed by atoms with Gasteiger partial charge < -0.3 is 5.21 Å². The number of nitrogens with zero attached hydrogens (tertiary/aromatic N) is 1. The molecule has 0 saturated carbocycles. The lowest BCUT2D eigenvalue weighted by Crippen LogP contribution is -2.99. The Kier molecular flexibility index (Phi) is 3.81. The van der Waals surface area contributed by atoms with Gasteiger partial charge in [-0.3, -0.25) is 9.36 Å². The summed E-state index contributed by atoms with van der Waals surface area (Å²) in [6.07, 6.45) is 1.67. The highest BCUT2D eigenvalue weighted by molar-refractivity contribution is 14.1. The maximum Gasteiger partial charge on any atom is 0.268 e. The second-order valence-corrected chi connectivity index (χ2v) is 5.00. The van der Waals surface area contributed by atoms with E-state index in [1.807, 2.05) is 22.6 Å². The van der Waals surface area contributed by atoms with Crippen molar-refractivity contribution in [3.8, 4) is 5.69 Å². The number of hydrogen-bond acceptors (Lipinski definition) is 3. The first-order valence-electron chi connectivity index (χ1n) is 5.22. The SMILES string of the molecule is Cc1cc([NH+]([O-])O)ccc1-n1cccc(I)c1=O. The topological polar surface area (TPSA) is 69.7 Å². The Labute approximate surface area is 117 Å². The molecule has 2 rings (SSSR count). The molecule has 1 unspecified atom stereocenters. The fourth-order valence-electron chi connectivity index (χ4n) is 1.72. The van der Waals surface area contributed by atoms with E-state index >= 15 is 0 Å². The first-order chi connectivity index (χ1) is 8.50. The normalized spacial score (nSPS) is 12.4. The van der Waals surface area contributed by atoms with Gasteiger partial charge in [0.25, 0.3) is 5.56 Å². The van der Waals surface area contributed by atoms with E-state index in [1.54, 1.807) is 37.4 Å². The molecule has 2 N–H and O–H groups in total. The van der Waals surface area contributed by atoms with Gasteiger partial charge in [-0.15, -0.1) is 0 Å². The Morgan fingerprint density at radius 2 is 2.11 bits per heavy atom. The number of nitrogens with one attached hydrogen (secondary N) is 1. The van der Waals surface area contributed by atoms with Crippen LogP contribution in [0.4, 0.5) is 5.69 Å². The summed E-state index contributed by atoms with van der Waals surface area (Å²) in [5.74, 6) is 0. The predicted octanol–water partition coefficient (Wildman–Crippen LogP) is 1.15. The van der Waals surface area contributed by atoms with Gasteiger partial charge in [0.2, 0.25) is 0 Å². The third kappa shape index (κ3) is 2.46. The quantitative estimate of drug-likeness (QED) is 0.625. The van der Waals surface area contributed by atoms with Gasteiger partial charge in [0.05, 0.1) is 9.26 Å². The molecule has 94 valence electrons. The van der Waals surface area contributed by atoms with Crippen LogP contribution in [-0.2, 0) is 0 Å². The third-order valence-electron chi connectivity index (χ3n) is 2.60. The number of rotatable bonds is 2. The minimum absolute atomic E-state index is 0.107. The lowest BCUT2D eigenvalue weighted by Gasteiger charge is -2.14. The van der Waals surface area contributed by atoms with Crippen molar-refractivity contribution in [3.63, 3.8) is 0 Å². The fourth-order valence-corrected chi connectivity index (χ4v) is 2.18. The van der Waals surface area contributed by atoms with Crippen molar-refractivity contribution in [2.45, 2.75) is 6.92 Å². The smallest absolute Gasteiger partial charge is 0.268 e. The molecule has 6 heteroatoms. The van der Waals surface area contributed by atoms with Crippen LogP contribution < -0.4 is 10.8 Å². The molecule has 1 aromatic carbocycles. The Balaban J connectivity index is 2.59. The van der Waals surface area contributed by atoms with Crippen LogP contribution in [-0.4, -0.2) is 9.77 Å². The molecule has 0 saturated heterocycles. The van der Waals surface area contributed by atoms with Crippen molar-refractivity contribution in [1.29, 1.82) is 0 Å². The summed E-state index contributed by atoms with van der Waals surface area (Å²) in [7, 11) is 0. The van der Waals surface area contributed by atoms with Crippen LogP contribution in [0.3, 0.4) is 0 Å². The van der Waals surface area contributed by atoms with Gasteiger partial charge in [0, 0.05) is 18.3 Å². The van der Waals surface area contributed by atoms with Crippen LogP contribution in [0.15, 0.2) is 41.3 Å². The highest BCUT2D eigenvalue weighted by atomic mass is 127. The Morgan fingerprint density at radius 1 is 1.39 bits per heavy atom. The summed E-state index contributed by atoms with van der Waals surface area (Å²) < 4.78 is 2.14. The average Bonchev–Trinajstić information content (AvgIpc) is 2.33. The van der Waals surface area contributed by atoms with Crippen molar-refractivity contribution in [2.75, 3.05) is 0 Å². The number of hydrogen-bond donors (Lipinski definition) is 2. The lowest BCUT2D eigenvalue weighted by atomic mass is 10.1. The van der Waals surface area contributed by atoms with E-state index in [4.69, 9.17) is 5.21 Å². The second kappa shape index (κ2) is 5.19. The van der Waals surface area contributed by atoms with Crippen molar-refractivity contribution in [2.24, 2.45) is 0 Å². The molecule has 1 atom stereocenters. The van der Waals surface area contributed by atoms with E-state index < -0.39 is 5.23 Å². The minimum atomic E-state index is -0.973. The summed E-state index contributed by atoms with van der Waals surface area (Å²) in [5.41, 5.74) is 1.56. The molecular weight excluding hydrogens is 347 g/mol. The molecule has 1 heterocycles. The summed E-state index contributed by atoms with van der Waals surface area (Å²) in [6, 6.07) is 8.23. The second-order valence-electron chi connectivity index (χ2n) is 3.84. The van der Waals surface area contributed by atoms with Gasteiger partial charge >= 0.3 is 0 Å². The Bertz CT molecular complexity index is 637. The van der Waals surface area contributed by atoms with Crippen LogP contribution in [0.25, 0.3) is 5.69 Å². The summed E-state index contributed by atoms with van der Waals surface area (Å²) >= 11 is 1.98. The molecule has 0 spiro atoms. The van der Waals surface area contributed by atoms with Crippen LogP contribution in [0.1, 0.15) is 5.56 Å². The molecular formula is C12H11IN2O3. The number of pyridine rings is 1. The first kappa shape index (κ1) is 13.2. The van der Waals surface area contributed by atoms with Gasteiger partial charge in [-0.2, -0.15) is 5.23 Å². The van der Waals surface area contributed by atoms with Crippen molar-refractivity contribution in [3.05, 3.63) is 61.2 Å². The molecule has 0 amide bonds. The zero-order chi connectivity index (χ0) is 13.3. The average molecular weight is 358 g/mol. The molecule has 18 heavy (non-hydrogen) atoms. The molecule has 0 bridgehead atoms. The summed E-state index contributed by atoms with van der Waals surface area (Å²) in [6.45, 7) is 1.79. The Hall–Kier alpha value is -1.22. The van der Waals surface area contributed by atoms with Crippen molar-refractivity contribution >= 4 is 28.3 Å². The maximum absolute atomic E-state index is 12.0. The molecule has 0 radical (unpaired) electrons. The van der Waals surface area contributed by atoms with E-state index in [-0.39, 0.29) is 11.2 Å². The monoisotopic (exact) mass is 358 g/mol. The van der Waals surface area contributed by atoms with Gasteiger partial charge in [-0.1, -0.05) is 0 Å². The molecule has 0 aliphatic carbocycles. The summed E-state index contributed by atoms with van der Waals surface area (Å²) in [4.78, 5) is 12.0. The van der Waals surface area contributed by atoms with Crippen LogP contribution >= 0.6 is 22.6 Å². The van der Waals surface area contributed by atoms with Crippen LogP contribution in [0.5, 0.6) is 0 Å². The van der Waals surface area contributed by atoms with E-state index in [1.165, 1.54) is 10.6 Å². The van der Waals surface area contributed by atoms with E-state index in [9.17, 15) is 10.0 Å². The van der Waals surface area contributed by atoms with E-state index in [0.717, 1.165) is 5.56 Å². The standard InChI is InChI=1S/C12H11IN2O3/c1-8-7-9(15(17)18)4-5-11(8)14-6-2-3-10(13)12(14)16/h2-7,15,17H,1H3. The number of aromatic nitrogens is 1. The van der Waals surface area contributed by atoms with Crippen LogP contribution in [0.2, 0.25) is 0 Å². The number of quaternary nitrogens is 1.